The third kappa shape index (κ3) is 5.03. The molecule has 2 saturated heterocycles. The third-order valence-corrected chi connectivity index (χ3v) is 4.64. The Morgan fingerprint density at radius 1 is 1.26 bits per heavy atom. The van der Waals surface area contributed by atoms with E-state index in [4.69, 9.17) is 4.74 Å². The molecule has 3 rings (SSSR count). The van der Waals surface area contributed by atoms with Gasteiger partial charge in [0.05, 0.1) is 13.2 Å². The summed E-state index contributed by atoms with van der Waals surface area (Å²) >= 11 is 0. The Labute approximate surface area is 138 Å². The molecule has 23 heavy (non-hydrogen) atoms. The molecule has 5 nitrogen and oxygen atoms in total. The van der Waals surface area contributed by atoms with Crippen molar-refractivity contribution < 1.29 is 9.53 Å². The monoisotopic (exact) mass is 317 g/mol. The van der Waals surface area contributed by atoms with E-state index < -0.39 is 0 Å². The Morgan fingerprint density at radius 3 is 2.87 bits per heavy atom. The number of ether oxygens (including phenoxy) is 1. The van der Waals surface area contributed by atoms with Gasteiger partial charge < -0.3 is 10.1 Å². The molecule has 2 heterocycles. The van der Waals surface area contributed by atoms with Crippen molar-refractivity contribution in [2.75, 3.05) is 51.3 Å². The molecule has 0 saturated carbocycles. The maximum absolute atomic E-state index is 11.2. The van der Waals surface area contributed by atoms with Crippen LogP contribution in [-0.4, -0.2) is 61.6 Å². The summed E-state index contributed by atoms with van der Waals surface area (Å²) in [6, 6.07) is 8.18. The summed E-state index contributed by atoms with van der Waals surface area (Å²) in [5.41, 5.74) is 2.15. The zero-order chi connectivity index (χ0) is 16.1. The second-order valence-electron chi connectivity index (χ2n) is 6.68. The van der Waals surface area contributed by atoms with Crippen LogP contribution >= 0.6 is 0 Å². The second kappa shape index (κ2) is 7.90. The summed E-state index contributed by atoms with van der Waals surface area (Å²) in [4.78, 5) is 16.2. The van der Waals surface area contributed by atoms with Crippen LogP contribution in [-0.2, 0) is 16.1 Å². The first-order valence-electron chi connectivity index (χ1n) is 8.58. The molecule has 0 bridgehead atoms. The van der Waals surface area contributed by atoms with Gasteiger partial charge in [0.1, 0.15) is 0 Å². The van der Waals surface area contributed by atoms with Gasteiger partial charge in [0.15, 0.2) is 0 Å². The average Bonchev–Trinajstić information content (AvgIpc) is 2.95. The fourth-order valence-corrected chi connectivity index (χ4v) is 3.56. The fourth-order valence-electron chi connectivity index (χ4n) is 3.56. The zero-order valence-electron chi connectivity index (χ0n) is 14.0. The molecule has 1 N–H and O–H groups in total. The van der Waals surface area contributed by atoms with Gasteiger partial charge in [-0.25, -0.2) is 0 Å². The Bertz CT molecular complexity index is 529. The van der Waals surface area contributed by atoms with Crippen LogP contribution in [0.15, 0.2) is 24.3 Å². The minimum atomic E-state index is -0.0195. The quantitative estimate of drug-likeness (QED) is 0.899. The lowest BCUT2D eigenvalue weighted by atomic mass is 10.1. The minimum Gasteiger partial charge on any atom is -0.379 e. The summed E-state index contributed by atoms with van der Waals surface area (Å²) in [6.07, 6.45) is 1.28. The fraction of sp³-hybridized carbons (Fsp3) is 0.611. The Hall–Kier alpha value is -1.43. The van der Waals surface area contributed by atoms with Crippen LogP contribution in [0.2, 0.25) is 0 Å². The molecule has 0 radical (unpaired) electrons. The van der Waals surface area contributed by atoms with Crippen LogP contribution in [0.4, 0.5) is 5.69 Å². The number of benzene rings is 1. The molecule has 1 aromatic rings. The van der Waals surface area contributed by atoms with E-state index >= 15 is 0 Å². The van der Waals surface area contributed by atoms with Gasteiger partial charge in [-0.2, -0.15) is 0 Å². The SMILES string of the molecule is CC(=O)Nc1cccc(CN2CC[C@H](CN3CCOCC3)C2)c1. The van der Waals surface area contributed by atoms with Crippen molar-refractivity contribution in [3.8, 4) is 0 Å². The van der Waals surface area contributed by atoms with Crippen LogP contribution in [0.5, 0.6) is 0 Å². The highest BCUT2D eigenvalue weighted by Gasteiger charge is 2.25. The Morgan fingerprint density at radius 2 is 2.09 bits per heavy atom. The van der Waals surface area contributed by atoms with E-state index in [-0.39, 0.29) is 5.91 Å². The van der Waals surface area contributed by atoms with Gasteiger partial charge in [-0.1, -0.05) is 12.1 Å². The lowest BCUT2D eigenvalue weighted by Crippen LogP contribution is -2.39. The van der Waals surface area contributed by atoms with Crippen molar-refractivity contribution in [1.29, 1.82) is 0 Å². The van der Waals surface area contributed by atoms with Crippen LogP contribution in [0.25, 0.3) is 0 Å². The van der Waals surface area contributed by atoms with E-state index in [2.05, 4.69) is 27.2 Å². The number of carbonyl (C=O) groups is 1. The highest BCUT2D eigenvalue weighted by atomic mass is 16.5. The van der Waals surface area contributed by atoms with Gasteiger partial charge in [-0.3, -0.25) is 14.6 Å². The molecule has 1 amide bonds. The molecular formula is C18H27N3O2. The number of nitrogens with one attached hydrogen (secondary N) is 1. The standard InChI is InChI=1S/C18H27N3O2/c1-15(22)19-18-4-2-3-16(11-18)12-21-6-5-17(14-21)13-20-7-9-23-10-8-20/h2-4,11,17H,5-10,12-14H2,1H3,(H,19,22)/t17-/m1/s1. The normalized spacial score (nSPS) is 23.1. The smallest absolute Gasteiger partial charge is 0.221 e. The van der Waals surface area contributed by atoms with Gasteiger partial charge in [-0.15, -0.1) is 0 Å². The molecule has 5 heteroatoms. The van der Waals surface area contributed by atoms with Crippen molar-refractivity contribution in [1.82, 2.24) is 9.80 Å². The lowest BCUT2D eigenvalue weighted by molar-refractivity contribution is -0.114. The van der Waals surface area contributed by atoms with Crippen LogP contribution in [0.1, 0.15) is 18.9 Å². The first kappa shape index (κ1) is 16.4. The molecule has 126 valence electrons. The highest BCUT2D eigenvalue weighted by molar-refractivity contribution is 5.88. The van der Waals surface area contributed by atoms with E-state index in [1.807, 2.05) is 12.1 Å². The van der Waals surface area contributed by atoms with Crippen LogP contribution < -0.4 is 5.32 Å². The highest BCUT2D eigenvalue weighted by Crippen LogP contribution is 2.21. The number of nitrogens with zero attached hydrogens (tertiary/aromatic N) is 2. The third-order valence-electron chi connectivity index (χ3n) is 4.64. The van der Waals surface area contributed by atoms with Crippen molar-refractivity contribution >= 4 is 11.6 Å². The maximum atomic E-state index is 11.2. The number of anilines is 1. The number of likely N-dealkylation sites (tertiary alicyclic amines) is 1. The molecule has 0 aromatic heterocycles. The maximum Gasteiger partial charge on any atom is 0.221 e. The lowest BCUT2D eigenvalue weighted by Gasteiger charge is -2.29. The van der Waals surface area contributed by atoms with Gasteiger partial charge in [0.2, 0.25) is 5.91 Å². The number of carbonyl (C=O) groups excluding carboxylic acids is 1. The van der Waals surface area contributed by atoms with Gasteiger partial charge in [0.25, 0.3) is 0 Å². The van der Waals surface area contributed by atoms with Gasteiger partial charge in [0, 0.05) is 45.3 Å². The van der Waals surface area contributed by atoms with Crippen molar-refractivity contribution in [2.24, 2.45) is 5.92 Å². The Kier molecular flexibility index (Phi) is 5.65. The largest absolute Gasteiger partial charge is 0.379 e. The molecule has 2 fully saturated rings. The molecule has 2 aliphatic heterocycles. The van der Waals surface area contributed by atoms with Crippen LogP contribution in [0, 0.1) is 5.92 Å². The molecular weight excluding hydrogens is 290 g/mol. The first-order chi connectivity index (χ1) is 11.2. The van der Waals surface area contributed by atoms with Crippen molar-refractivity contribution in [2.45, 2.75) is 19.9 Å². The molecule has 2 aliphatic rings. The second-order valence-corrected chi connectivity index (χ2v) is 6.68. The number of hydrogen-bond acceptors (Lipinski definition) is 4. The summed E-state index contributed by atoms with van der Waals surface area (Å²) in [5, 5.41) is 2.86. The van der Waals surface area contributed by atoms with Crippen LogP contribution in [0.3, 0.4) is 0 Å². The van der Waals surface area contributed by atoms with E-state index in [0.717, 1.165) is 44.5 Å². The van der Waals surface area contributed by atoms with E-state index in [0.29, 0.717) is 0 Å². The summed E-state index contributed by atoms with van der Waals surface area (Å²) < 4.78 is 5.42. The average molecular weight is 317 g/mol. The summed E-state index contributed by atoms with van der Waals surface area (Å²) in [6.45, 7) is 9.96. The predicted octanol–water partition coefficient (Wildman–Crippen LogP) is 1.80. The van der Waals surface area contributed by atoms with Crippen molar-refractivity contribution in [3.63, 3.8) is 0 Å². The predicted molar refractivity (Wildman–Crippen MR) is 91.4 cm³/mol. The number of rotatable bonds is 5. The summed E-state index contributed by atoms with van der Waals surface area (Å²) in [7, 11) is 0. The first-order valence-corrected chi connectivity index (χ1v) is 8.58. The molecule has 0 spiro atoms. The zero-order valence-corrected chi connectivity index (χ0v) is 14.0. The molecule has 0 unspecified atom stereocenters. The topological polar surface area (TPSA) is 44.8 Å². The Balaban J connectivity index is 1.48. The molecule has 0 aliphatic carbocycles. The van der Waals surface area contributed by atoms with Gasteiger partial charge in [-0.05, 0) is 36.6 Å². The molecule has 1 aromatic carbocycles. The number of hydrogen-bond donors (Lipinski definition) is 1. The van der Waals surface area contributed by atoms with Crippen molar-refractivity contribution in [3.05, 3.63) is 29.8 Å². The summed E-state index contributed by atoms with van der Waals surface area (Å²) in [5.74, 6) is 0.750. The minimum absolute atomic E-state index is 0.0195. The number of amides is 1. The van der Waals surface area contributed by atoms with E-state index in [9.17, 15) is 4.79 Å². The number of morpholine rings is 1. The van der Waals surface area contributed by atoms with Gasteiger partial charge >= 0.3 is 0 Å². The van der Waals surface area contributed by atoms with E-state index in [1.165, 1.54) is 31.6 Å². The van der Waals surface area contributed by atoms with E-state index in [1.54, 1.807) is 6.92 Å². The molecule has 1 atom stereocenters.